The van der Waals surface area contributed by atoms with Crippen molar-refractivity contribution >= 4 is 17.4 Å². The fourth-order valence-electron chi connectivity index (χ4n) is 5.57. The van der Waals surface area contributed by atoms with Gasteiger partial charge in [0.25, 0.3) is 5.91 Å². The fraction of sp³-hybridized carbons (Fsp3) is 0.321. The van der Waals surface area contributed by atoms with Crippen LogP contribution in [0.15, 0.2) is 54.7 Å². The van der Waals surface area contributed by atoms with E-state index in [1.807, 2.05) is 34.7 Å². The van der Waals surface area contributed by atoms with Crippen molar-refractivity contribution in [1.29, 1.82) is 0 Å². The van der Waals surface area contributed by atoms with E-state index in [0.717, 1.165) is 53.8 Å². The topological polar surface area (TPSA) is 104 Å². The van der Waals surface area contributed by atoms with Gasteiger partial charge < -0.3 is 20.5 Å². The summed E-state index contributed by atoms with van der Waals surface area (Å²) in [5, 5.41) is 2.83. The molecule has 6 rings (SSSR count). The Bertz CT molecular complexity index is 1460. The van der Waals surface area contributed by atoms with E-state index in [9.17, 15) is 9.18 Å². The molecule has 0 spiro atoms. The molecule has 3 N–H and O–H groups in total. The van der Waals surface area contributed by atoms with Crippen LogP contribution in [0.2, 0.25) is 0 Å². The van der Waals surface area contributed by atoms with Gasteiger partial charge in [-0.3, -0.25) is 9.20 Å². The number of imidazole rings is 1. The van der Waals surface area contributed by atoms with E-state index in [-0.39, 0.29) is 12.1 Å². The summed E-state index contributed by atoms with van der Waals surface area (Å²) in [6, 6.07) is 13.6. The minimum Gasteiger partial charge on any atom is -0.496 e. The van der Waals surface area contributed by atoms with Crippen molar-refractivity contribution in [2.75, 3.05) is 12.8 Å². The van der Waals surface area contributed by atoms with Gasteiger partial charge in [0.15, 0.2) is 0 Å². The normalized spacial score (nSPS) is 20.8. The number of nitrogens with one attached hydrogen (secondary N) is 1. The van der Waals surface area contributed by atoms with Crippen LogP contribution in [0, 0.1) is 5.82 Å². The lowest BCUT2D eigenvalue weighted by Gasteiger charge is -2.27. The minimum atomic E-state index is -0.497. The maximum absolute atomic E-state index is 13.7. The molecule has 2 atom stereocenters. The van der Waals surface area contributed by atoms with Crippen molar-refractivity contribution in [3.8, 4) is 17.1 Å². The van der Waals surface area contributed by atoms with Crippen LogP contribution >= 0.6 is 0 Å². The summed E-state index contributed by atoms with van der Waals surface area (Å²) < 4.78 is 26.8. The number of rotatable bonds is 6. The molecule has 37 heavy (non-hydrogen) atoms. The van der Waals surface area contributed by atoms with Crippen molar-refractivity contribution < 1.29 is 18.7 Å². The average Bonchev–Trinajstić information content (AvgIpc) is 3.47. The number of ether oxygens (including phenoxy) is 2. The number of benzene rings is 2. The molecule has 2 aromatic heterocycles. The molecule has 4 heterocycles. The molecule has 2 bridgehead atoms. The maximum atomic E-state index is 13.7. The Balaban J connectivity index is 1.24. The van der Waals surface area contributed by atoms with Gasteiger partial charge in [-0.1, -0.05) is 24.3 Å². The van der Waals surface area contributed by atoms with Crippen molar-refractivity contribution in [2.45, 2.75) is 50.4 Å². The van der Waals surface area contributed by atoms with Gasteiger partial charge in [-0.15, -0.1) is 0 Å². The average molecular weight is 502 g/mol. The third-order valence-corrected chi connectivity index (χ3v) is 7.36. The highest BCUT2D eigenvalue weighted by atomic mass is 19.1. The first kappa shape index (κ1) is 23.4. The summed E-state index contributed by atoms with van der Waals surface area (Å²) in [7, 11) is 1.45. The third kappa shape index (κ3) is 4.40. The lowest BCUT2D eigenvalue weighted by atomic mass is 9.92. The summed E-state index contributed by atoms with van der Waals surface area (Å²) in [5.74, 6) is 0.875. The Labute approximate surface area is 213 Å². The zero-order chi connectivity index (χ0) is 25.5. The Morgan fingerprint density at radius 2 is 1.92 bits per heavy atom. The van der Waals surface area contributed by atoms with Crippen molar-refractivity contribution in [2.24, 2.45) is 0 Å². The standard InChI is InChI=1S/C28H28FN5O3/c1-36-24-9-6-19(29)14-22(24)27(35)32-15-16-2-4-17(5-3-16)26-33-25(23-10-11-31-28(30)34(23)26)18-12-20-7-8-21(13-18)37-20/h2-6,9-11,14,18,20-21H,7-8,12-13,15H2,1H3,(H2,30,31)(H,32,35). The molecule has 0 saturated carbocycles. The van der Waals surface area contributed by atoms with Gasteiger partial charge in [-0.25, -0.2) is 14.4 Å². The number of nitrogens with zero attached hydrogens (tertiary/aromatic N) is 3. The molecule has 9 heteroatoms. The van der Waals surface area contributed by atoms with Crippen LogP contribution in [0.25, 0.3) is 16.9 Å². The highest BCUT2D eigenvalue weighted by Crippen LogP contribution is 2.42. The van der Waals surface area contributed by atoms with Crippen molar-refractivity contribution in [3.05, 3.63) is 77.4 Å². The molecule has 2 aliphatic heterocycles. The SMILES string of the molecule is COc1ccc(F)cc1C(=O)NCc1ccc(-c2nc(C3CC4CCC(C3)O4)c3ccnc(N)n23)cc1. The van der Waals surface area contributed by atoms with E-state index in [1.165, 1.54) is 25.3 Å². The number of fused-ring (bicyclic) bond motifs is 3. The van der Waals surface area contributed by atoms with E-state index in [4.69, 9.17) is 20.2 Å². The van der Waals surface area contributed by atoms with Crippen LogP contribution in [-0.2, 0) is 11.3 Å². The molecule has 1 amide bonds. The van der Waals surface area contributed by atoms with Gasteiger partial charge in [0.2, 0.25) is 5.95 Å². The smallest absolute Gasteiger partial charge is 0.255 e. The van der Waals surface area contributed by atoms with Gasteiger partial charge in [-0.2, -0.15) is 0 Å². The largest absolute Gasteiger partial charge is 0.496 e. The molecule has 2 aromatic carbocycles. The van der Waals surface area contributed by atoms with Crippen LogP contribution in [0.4, 0.5) is 10.3 Å². The quantitative estimate of drug-likeness (QED) is 0.404. The number of anilines is 1. The second-order valence-electron chi connectivity index (χ2n) is 9.69. The number of aromatic nitrogens is 3. The van der Waals surface area contributed by atoms with E-state index in [1.54, 1.807) is 6.20 Å². The third-order valence-electron chi connectivity index (χ3n) is 7.36. The molecule has 0 aliphatic carbocycles. The van der Waals surface area contributed by atoms with E-state index >= 15 is 0 Å². The Kier molecular flexibility index (Phi) is 6.00. The Hall–Kier alpha value is -3.98. The monoisotopic (exact) mass is 501 g/mol. The van der Waals surface area contributed by atoms with Crippen LogP contribution in [-0.4, -0.2) is 39.6 Å². The Morgan fingerprint density at radius 1 is 1.16 bits per heavy atom. The van der Waals surface area contributed by atoms with Gasteiger partial charge in [0.1, 0.15) is 17.4 Å². The molecule has 2 fully saturated rings. The molecular formula is C28H28FN5O3. The summed E-state index contributed by atoms with van der Waals surface area (Å²) in [6.45, 7) is 0.279. The Morgan fingerprint density at radius 3 is 2.65 bits per heavy atom. The minimum absolute atomic E-state index is 0.153. The van der Waals surface area contributed by atoms with Gasteiger partial charge >= 0.3 is 0 Å². The van der Waals surface area contributed by atoms with Crippen LogP contribution in [0.1, 0.15) is 53.2 Å². The molecule has 2 aliphatic rings. The molecule has 8 nitrogen and oxygen atoms in total. The number of nitrogens with two attached hydrogens (primary N) is 1. The number of carbonyl (C=O) groups excluding carboxylic acids is 1. The first-order chi connectivity index (χ1) is 18.0. The maximum Gasteiger partial charge on any atom is 0.255 e. The lowest BCUT2D eigenvalue weighted by Crippen LogP contribution is -2.24. The predicted octanol–water partition coefficient (Wildman–Crippen LogP) is 4.48. The zero-order valence-electron chi connectivity index (χ0n) is 20.5. The summed E-state index contributed by atoms with van der Waals surface area (Å²) in [5.41, 5.74) is 10.3. The van der Waals surface area contributed by atoms with Gasteiger partial charge in [0, 0.05) is 24.2 Å². The zero-order valence-corrected chi connectivity index (χ0v) is 20.5. The molecule has 0 radical (unpaired) electrons. The van der Waals surface area contributed by atoms with E-state index in [0.29, 0.717) is 29.8 Å². The van der Waals surface area contributed by atoms with E-state index in [2.05, 4.69) is 10.3 Å². The molecule has 2 saturated heterocycles. The van der Waals surface area contributed by atoms with Crippen LogP contribution < -0.4 is 15.8 Å². The lowest BCUT2D eigenvalue weighted by molar-refractivity contribution is -0.00413. The molecule has 2 unspecified atom stereocenters. The highest BCUT2D eigenvalue weighted by Gasteiger charge is 2.37. The second-order valence-corrected chi connectivity index (χ2v) is 9.69. The number of halogens is 1. The number of carbonyl (C=O) groups is 1. The fourth-order valence-corrected chi connectivity index (χ4v) is 5.57. The second kappa shape index (κ2) is 9.48. The molecular weight excluding hydrogens is 473 g/mol. The van der Waals surface area contributed by atoms with Crippen LogP contribution in [0.3, 0.4) is 0 Å². The van der Waals surface area contributed by atoms with Gasteiger partial charge in [0.05, 0.1) is 36.1 Å². The van der Waals surface area contributed by atoms with Crippen molar-refractivity contribution in [3.63, 3.8) is 0 Å². The van der Waals surface area contributed by atoms with Crippen molar-refractivity contribution in [1.82, 2.24) is 19.7 Å². The molecule has 190 valence electrons. The van der Waals surface area contributed by atoms with Gasteiger partial charge in [-0.05, 0) is 55.5 Å². The number of amides is 1. The predicted molar refractivity (Wildman–Crippen MR) is 137 cm³/mol. The number of hydrogen-bond acceptors (Lipinski definition) is 6. The molecule has 4 aromatic rings. The summed E-state index contributed by atoms with van der Waals surface area (Å²) >= 11 is 0. The van der Waals surface area contributed by atoms with E-state index < -0.39 is 11.7 Å². The van der Waals surface area contributed by atoms with Crippen LogP contribution in [0.5, 0.6) is 5.75 Å². The highest BCUT2D eigenvalue weighted by molar-refractivity contribution is 5.96. The number of hydrogen-bond donors (Lipinski definition) is 2. The first-order valence-electron chi connectivity index (χ1n) is 12.5. The summed E-state index contributed by atoms with van der Waals surface area (Å²) in [4.78, 5) is 22.0. The number of methoxy groups -OCH3 is 1. The number of nitrogen functional groups attached to an aromatic ring is 1. The summed E-state index contributed by atoms with van der Waals surface area (Å²) in [6.07, 6.45) is 6.53. The first-order valence-corrected chi connectivity index (χ1v) is 12.5.